The zero-order chi connectivity index (χ0) is 20.5. The fourth-order valence-corrected chi connectivity index (χ4v) is 2.62. The van der Waals surface area contributed by atoms with Crippen molar-refractivity contribution in [3.63, 3.8) is 0 Å². The zero-order valence-electron chi connectivity index (χ0n) is 17.1. The monoisotopic (exact) mass is 382 g/mol. The summed E-state index contributed by atoms with van der Waals surface area (Å²) in [5, 5.41) is 8.58. The lowest BCUT2D eigenvalue weighted by molar-refractivity contribution is -0.118. The van der Waals surface area contributed by atoms with Crippen LogP contribution >= 0.6 is 0 Å². The van der Waals surface area contributed by atoms with E-state index in [0.29, 0.717) is 17.9 Å². The number of rotatable bonds is 8. The van der Waals surface area contributed by atoms with E-state index in [9.17, 15) is 9.59 Å². The van der Waals surface area contributed by atoms with Gasteiger partial charge in [0.2, 0.25) is 5.91 Å². The summed E-state index contributed by atoms with van der Waals surface area (Å²) < 4.78 is 0. The normalized spacial score (nSPS) is 10.5. The Kier molecular flexibility index (Phi) is 7.87. The molecule has 0 aliphatic carbocycles. The van der Waals surface area contributed by atoms with Gasteiger partial charge >= 0.3 is 6.03 Å². The number of para-hydroxylation sites is 1. The van der Waals surface area contributed by atoms with Crippen molar-refractivity contribution < 1.29 is 9.59 Å². The molecular formula is C22H30N4O2. The summed E-state index contributed by atoms with van der Waals surface area (Å²) in [6.45, 7) is 7.01. The number of carbonyl (C=O) groups excluding carboxylic acids is 2. The molecule has 150 valence electrons. The average molecular weight is 383 g/mol. The molecular weight excluding hydrogens is 352 g/mol. The molecule has 0 saturated heterocycles. The van der Waals surface area contributed by atoms with Gasteiger partial charge in [0.1, 0.15) is 0 Å². The van der Waals surface area contributed by atoms with E-state index in [2.05, 4.69) is 33.0 Å². The van der Waals surface area contributed by atoms with Gasteiger partial charge in [0.05, 0.1) is 0 Å². The van der Waals surface area contributed by atoms with Crippen molar-refractivity contribution in [3.05, 3.63) is 54.1 Å². The average Bonchev–Trinajstić information content (AvgIpc) is 2.68. The minimum atomic E-state index is -0.252. The van der Waals surface area contributed by atoms with Crippen LogP contribution in [0.2, 0.25) is 0 Å². The molecule has 0 atom stereocenters. The van der Waals surface area contributed by atoms with Crippen LogP contribution in [-0.2, 0) is 4.79 Å². The molecule has 0 saturated carbocycles. The number of amides is 3. The van der Waals surface area contributed by atoms with Gasteiger partial charge in [-0.05, 0) is 43.2 Å². The number of nitrogens with zero attached hydrogens (tertiary/aromatic N) is 1. The minimum Gasteiger partial charge on any atom is -0.375 e. The van der Waals surface area contributed by atoms with Gasteiger partial charge in [0.15, 0.2) is 0 Å². The van der Waals surface area contributed by atoms with E-state index in [1.807, 2.05) is 58.2 Å². The first-order valence-electron chi connectivity index (χ1n) is 9.59. The topological polar surface area (TPSA) is 73.5 Å². The molecule has 2 aromatic carbocycles. The van der Waals surface area contributed by atoms with Gasteiger partial charge in [-0.15, -0.1) is 0 Å². The Hall–Kier alpha value is -3.02. The number of hydrogen-bond donors (Lipinski definition) is 3. The molecule has 28 heavy (non-hydrogen) atoms. The summed E-state index contributed by atoms with van der Waals surface area (Å²) >= 11 is 0. The number of aryl methyl sites for hydroxylation is 1. The Balaban J connectivity index is 1.80. The third-order valence-corrected chi connectivity index (χ3v) is 4.43. The lowest BCUT2D eigenvalue weighted by atomic mass is 10.1. The standard InChI is InChI=1S/C22H30N4O2/c1-16(2)21(27)24-18-12-11-17(3)20(15-18)25-22(28)23-13-8-14-26(4)19-9-6-5-7-10-19/h5-7,9-12,15-16H,8,13-14H2,1-4H3,(H,24,27)(H2,23,25,28). The smallest absolute Gasteiger partial charge is 0.319 e. The Bertz CT molecular complexity index is 790. The van der Waals surface area contributed by atoms with E-state index in [-0.39, 0.29) is 17.9 Å². The van der Waals surface area contributed by atoms with Gasteiger partial charge in [-0.25, -0.2) is 4.79 Å². The first-order chi connectivity index (χ1) is 13.4. The Labute approximate surface area is 167 Å². The summed E-state index contributed by atoms with van der Waals surface area (Å²) in [7, 11) is 2.04. The van der Waals surface area contributed by atoms with Crippen molar-refractivity contribution in [2.45, 2.75) is 27.2 Å². The number of nitrogens with one attached hydrogen (secondary N) is 3. The largest absolute Gasteiger partial charge is 0.375 e. The fraction of sp³-hybridized carbons (Fsp3) is 0.364. The fourth-order valence-electron chi connectivity index (χ4n) is 2.62. The van der Waals surface area contributed by atoms with E-state index < -0.39 is 0 Å². The quantitative estimate of drug-likeness (QED) is 0.598. The van der Waals surface area contributed by atoms with Gasteiger partial charge < -0.3 is 20.9 Å². The summed E-state index contributed by atoms with van der Waals surface area (Å²) in [5.41, 5.74) is 3.44. The molecule has 0 bridgehead atoms. The molecule has 3 N–H and O–H groups in total. The van der Waals surface area contributed by atoms with Crippen molar-refractivity contribution in [1.82, 2.24) is 5.32 Å². The van der Waals surface area contributed by atoms with Crippen LogP contribution in [0.3, 0.4) is 0 Å². The summed E-state index contributed by atoms with van der Waals surface area (Å²) in [4.78, 5) is 26.2. The molecule has 0 spiro atoms. The van der Waals surface area contributed by atoms with Crippen LogP contribution in [0, 0.1) is 12.8 Å². The van der Waals surface area contributed by atoms with Crippen LogP contribution in [-0.4, -0.2) is 32.1 Å². The van der Waals surface area contributed by atoms with Gasteiger partial charge in [-0.2, -0.15) is 0 Å². The molecule has 0 unspecified atom stereocenters. The number of benzene rings is 2. The SMILES string of the molecule is Cc1ccc(NC(=O)C(C)C)cc1NC(=O)NCCCN(C)c1ccccc1. The van der Waals surface area contributed by atoms with E-state index in [1.165, 1.54) is 0 Å². The maximum atomic E-state index is 12.2. The van der Waals surface area contributed by atoms with Gasteiger partial charge in [0, 0.05) is 43.1 Å². The maximum absolute atomic E-state index is 12.2. The first-order valence-corrected chi connectivity index (χ1v) is 9.59. The molecule has 0 heterocycles. The molecule has 2 aromatic rings. The Morgan fingerprint density at radius 2 is 1.75 bits per heavy atom. The number of anilines is 3. The highest BCUT2D eigenvalue weighted by Crippen LogP contribution is 2.20. The second-order valence-electron chi connectivity index (χ2n) is 7.17. The van der Waals surface area contributed by atoms with Crippen LogP contribution in [0.1, 0.15) is 25.8 Å². The molecule has 0 fully saturated rings. The van der Waals surface area contributed by atoms with Gasteiger partial charge in [-0.3, -0.25) is 4.79 Å². The van der Waals surface area contributed by atoms with E-state index in [4.69, 9.17) is 0 Å². The van der Waals surface area contributed by atoms with Crippen LogP contribution in [0.4, 0.5) is 21.9 Å². The zero-order valence-corrected chi connectivity index (χ0v) is 17.1. The van der Waals surface area contributed by atoms with Crippen LogP contribution < -0.4 is 20.9 Å². The molecule has 0 aromatic heterocycles. The second kappa shape index (κ2) is 10.3. The van der Waals surface area contributed by atoms with Crippen molar-refractivity contribution in [2.75, 3.05) is 35.7 Å². The molecule has 0 radical (unpaired) electrons. The van der Waals surface area contributed by atoms with E-state index in [1.54, 1.807) is 6.07 Å². The number of carbonyl (C=O) groups is 2. The molecule has 0 aliphatic heterocycles. The van der Waals surface area contributed by atoms with Crippen molar-refractivity contribution >= 4 is 29.0 Å². The highest BCUT2D eigenvalue weighted by molar-refractivity contribution is 5.94. The molecule has 3 amide bonds. The minimum absolute atomic E-state index is 0.0539. The first kappa shape index (κ1) is 21.3. The maximum Gasteiger partial charge on any atom is 0.319 e. The lowest BCUT2D eigenvalue weighted by Crippen LogP contribution is -2.32. The van der Waals surface area contributed by atoms with Crippen LogP contribution in [0.5, 0.6) is 0 Å². The highest BCUT2D eigenvalue weighted by Gasteiger charge is 2.10. The number of hydrogen-bond acceptors (Lipinski definition) is 3. The highest BCUT2D eigenvalue weighted by atomic mass is 16.2. The molecule has 0 aliphatic rings. The molecule has 6 nitrogen and oxygen atoms in total. The van der Waals surface area contributed by atoms with Gasteiger partial charge in [0.25, 0.3) is 0 Å². The van der Waals surface area contributed by atoms with E-state index in [0.717, 1.165) is 24.2 Å². The summed E-state index contributed by atoms with van der Waals surface area (Å²) in [6.07, 6.45) is 0.836. The second-order valence-corrected chi connectivity index (χ2v) is 7.17. The number of urea groups is 1. The predicted octanol–water partition coefficient (Wildman–Crippen LogP) is 4.24. The van der Waals surface area contributed by atoms with Crippen LogP contribution in [0.15, 0.2) is 48.5 Å². The predicted molar refractivity (Wildman–Crippen MR) is 116 cm³/mol. The van der Waals surface area contributed by atoms with Gasteiger partial charge in [-0.1, -0.05) is 38.1 Å². The lowest BCUT2D eigenvalue weighted by Gasteiger charge is -2.19. The third-order valence-electron chi connectivity index (χ3n) is 4.43. The third kappa shape index (κ3) is 6.61. The summed E-state index contributed by atoms with van der Waals surface area (Å²) in [5.74, 6) is -0.156. The van der Waals surface area contributed by atoms with Crippen LogP contribution in [0.25, 0.3) is 0 Å². The Morgan fingerprint density at radius 3 is 2.43 bits per heavy atom. The molecule has 2 rings (SSSR count). The molecule has 6 heteroatoms. The summed E-state index contributed by atoms with van der Waals surface area (Å²) in [6, 6.07) is 15.4. The Morgan fingerprint density at radius 1 is 1.04 bits per heavy atom. The van der Waals surface area contributed by atoms with Crippen molar-refractivity contribution in [1.29, 1.82) is 0 Å². The van der Waals surface area contributed by atoms with Crippen molar-refractivity contribution in [3.8, 4) is 0 Å². The van der Waals surface area contributed by atoms with E-state index >= 15 is 0 Å². The van der Waals surface area contributed by atoms with Crippen molar-refractivity contribution in [2.24, 2.45) is 5.92 Å².